The summed E-state index contributed by atoms with van der Waals surface area (Å²) in [6.45, 7) is 0.910. The highest BCUT2D eigenvalue weighted by atomic mass is 35.5. The van der Waals surface area contributed by atoms with E-state index in [-0.39, 0.29) is 29.8 Å². The topological polar surface area (TPSA) is 78.5 Å². The van der Waals surface area contributed by atoms with Crippen LogP contribution in [-0.2, 0) is 0 Å². The molecule has 2 N–H and O–H groups in total. The van der Waals surface area contributed by atoms with Crippen LogP contribution in [0.1, 0.15) is 23.3 Å². The molecule has 1 aromatic heterocycles. The van der Waals surface area contributed by atoms with Crippen molar-refractivity contribution in [2.75, 3.05) is 19.7 Å². The molecule has 0 saturated carbocycles. The number of aromatic amines is 1. The number of benzene rings is 1. The van der Waals surface area contributed by atoms with Gasteiger partial charge in [0.05, 0.1) is 17.8 Å². The number of carbonyl (C=O) groups excluding carboxylic acids is 1. The summed E-state index contributed by atoms with van der Waals surface area (Å²) in [7, 11) is 0. The zero-order valence-corrected chi connectivity index (χ0v) is 13.3. The number of amides is 1. The summed E-state index contributed by atoms with van der Waals surface area (Å²) in [5.74, 6) is 0.436. The number of halogens is 1. The number of rotatable bonds is 4. The lowest BCUT2D eigenvalue weighted by Gasteiger charge is -2.38. The maximum Gasteiger partial charge on any atom is 0.273 e. The third-order valence-electron chi connectivity index (χ3n) is 3.90. The van der Waals surface area contributed by atoms with Crippen molar-refractivity contribution in [1.29, 1.82) is 0 Å². The third kappa shape index (κ3) is 3.65. The Hall–Kier alpha value is -2.05. The molecule has 0 aliphatic carbocycles. The quantitative estimate of drug-likeness (QED) is 0.897. The Balaban J connectivity index is 1.65. The minimum absolute atomic E-state index is 0.136. The van der Waals surface area contributed by atoms with E-state index in [2.05, 4.69) is 10.2 Å². The van der Waals surface area contributed by atoms with Gasteiger partial charge in [0.2, 0.25) is 0 Å². The number of piperidine rings is 1. The summed E-state index contributed by atoms with van der Waals surface area (Å²) in [6, 6.07) is 9.31. The van der Waals surface area contributed by atoms with Gasteiger partial charge in [0.15, 0.2) is 0 Å². The van der Waals surface area contributed by atoms with E-state index in [1.807, 2.05) is 30.3 Å². The van der Waals surface area contributed by atoms with Crippen LogP contribution < -0.4 is 4.74 Å². The van der Waals surface area contributed by atoms with Gasteiger partial charge in [-0.15, -0.1) is 0 Å². The summed E-state index contributed by atoms with van der Waals surface area (Å²) in [6.07, 6.45) is 2.68. The molecule has 2 aromatic rings. The van der Waals surface area contributed by atoms with E-state index in [9.17, 15) is 9.90 Å². The van der Waals surface area contributed by atoms with Crippen molar-refractivity contribution in [2.24, 2.45) is 0 Å². The Morgan fingerprint density at radius 1 is 1.43 bits per heavy atom. The minimum Gasteiger partial charge on any atom is -0.491 e. The molecule has 3 rings (SSSR count). The van der Waals surface area contributed by atoms with Crippen molar-refractivity contribution in [2.45, 2.75) is 18.4 Å². The van der Waals surface area contributed by atoms with Gasteiger partial charge in [-0.1, -0.05) is 29.8 Å². The molecule has 0 radical (unpaired) electrons. The number of carbonyl (C=O) groups is 1. The fourth-order valence-corrected chi connectivity index (χ4v) is 2.89. The van der Waals surface area contributed by atoms with Crippen LogP contribution in [0.25, 0.3) is 0 Å². The van der Waals surface area contributed by atoms with Gasteiger partial charge in [-0.2, -0.15) is 5.10 Å². The molecular weight excluding hydrogens is 318 g/mol. The normalized spacial score (nSPS) is 21.2. The summed E-state index contributed by atoms with van der Waals surface area (Å²) in [4.78, 5) is 14.0. The average molecular weight is 336 g/mol. The molecule has 2 heterocycles. The average Bonchev–Trinajstić information content (AvgIpc) is 2.99. The smallest absolute Gasteiger partial charge is 0.273 e. The highest BCUT2D eigenvalue weighted by Gasteiger charge is 2.37. The SMILES string of the molecule is O=C(c1[nH]ncc1Cl)N1CCCC(O)(COc2ccccc2)C1. The lowest BCUT2D eigenvalue weighted by atomic mass is 9.93. The maximum absolute atomic E-state index is 12.5. The number of likely N-dealkylation sites (tertiary alicyclic amines) is 1. The number of aromatic nitrogens is 2. The number of nitrogens with one attached hydrogen (secondary N) is 1. The molecule has 7 heteroatoms. The molecule has 1 saturated heterocycles. The molecule has 1 fully saturated rings. The summed E-state index contributed by atoms with van der Waals surface area (Å²) in [5, 5.41) is 17.4. The predicted octanol–water partition coefficient (Wildman–Crippen LogP) is 2.11. The summed E-state index contributed by atoms with van der Waals surface area (Å²) in [5.41, 5.74) is -0.823. The fourth-order valence-electron chi connectivity index (χ4n) is 2.72. The first-order valence-electron chi connectivity index (χ1n) is 7.46. The largest absolute Gasteiger partial charge is 0.491 e. The standard InChI is InChI=1S/C16H18ClN3O3/c17-13-9-18-19-14(13)15(21)20-8-4-7-16(22,10-20)11-23-12-5-2-1-3-6-12/h1-3,5-6,9,22H,4,7-8,10-11H2,(H,18,19). The molecule has 1 unspecified atom stereocenters. The highest BCUT2D eigenvalue weighted by molar-refractivity contribution is 6.33. The van der Waals surface area contributed by atoms with E-state index >= 15 is 0 Å². The van der Waals surface area contributed by atoms with E-state index < -0.39 is 5.60 Å². The molecule has 1 aliphatic rings. The van der Waals surface area contributed by atoms with Crippen LogP contribution in [0.3, 0.4) is 0 Å². The van der Waals surface area contributed by atoms with Crippen LogP contribution >= 0.6 is 11.6 Å². The van der Waals surface area contributed by atoms with Gasteiger partial charge in [-0.25, -0.2) is 0 Å². The van der Waals surface area contributed by atoms with Gasteiger partial charge in [-0.05, 0) is 25.0 Å². The molecule has 0 bridgehead atoms. The lowest BCUT2D eigenvalue weighted by molar-refractivity contribution is -0.0533. The molecule has 1 aliphatic heterocycles. The number of hydrogen-bond donors (Lipinski definition) is 2. The first-order valence-corrected chi connectivity index (χ1v) is 7.84. The number of hydrogen-bond acceptors (Lipinski definition) is 4. The number of ether oxygens (including phenoxy) is 1. The fraction of sp³-hybridized carbons (Fsp3) is 0.375. The first kappa shape index (κ1) is 15.8. The molecule has 122 valence electrons. The zero-order chi connectivity index (χ0) is 16.3. The maximum atomic E-state index is 12.5. The minimum atomic E-state index is -1.07. The van der Waals surface area contributed by atoms with Gasteiger partial charge in [0.25, 0.3) is 5.91 Å². The second-order valence-corrected chi connectivity index (χ2v) is 6.16. The van der Waals surface area contributed by atoms with Crippen molar-refractivity contribution in [3.8, 4) is 5.75 Å². The van der Waals surface area contributed by atoms with Crippen molar-refractivity contribution in [3.05, 3.63) is 47.2 Å². The Morgan fingerprint density at radius 3 is 2.91 bits per heavy atom. The molecule has 23 heavy (non-hydrogen) atoms. The highest BCUT2D eigenvalue weighted by Crippen LogP contribution is 2.25. The van der Waals surface area contributed by atoms with Crippen molar-refractivity contribution in [1.82, 2.24) is 15.1 Å². The van der Waals surface area contributed by atoms with Crippen LogP contribution in [0.5, 0.6) is 5.75 Å². The monoisotopic (exact) mass is 335 g/mol. The van der Waals surface area contributed by atoms with E-state index in [0.29, 0.717) is 25.1 Å². The molecule has 1 atom stereocenters. The molecule has 6 nitrogen and oxygen atoms in total. The number of H-pyrrole nitrogens is 1. The van der Waals surface area contributed by atoms with Gasteiger partial charge in [0, 0.05) is 6.54 Å². The van der Waals surface area contributed by atoms with Crippen molar-refractivity contribution >= 4 is 17.5 Å². The lowest BCUT2D eigenvalue weighted by Crippen LogP contribution is -2.53. The summed E-state index contributed by atoms with van der Waals surface area (Å²) < 4.78 is 5.66. The second kappa shape index (κ2) is 6.60. The van der Waals surface area contributed by atoms with Gasteiger partial charge in [-0.3, -0.25) is 9.89 Å². The molecule has 1 aromatic carbocycles. The van der Waals surface area contributed by atoms with Crippen molar-refractivity contribution < 1.29 is 14.6 Å². The Bertz CT molecular complexity index is 676. The van der Waals surface area contributed by atoms with Gasteiger partial charge in [0.1, 0.15) is 23.7 Å². The van der Waals surface area contributed by atoms with Crippen LogP contribution in [-0.4, -0.2) is 51.4 Å². The van der Waals surface area contributed by atoms with Gasteiger partial charge < -0.3 is 14.7 Å². The number of β-amino-alcohol motifs (C(OH)–C–C–N with tert-alkyl or cyclic N) is 1. The van der Waals surface area contributed by atoms with Crippen molar-refractivity contribution in [3.63, 3.8) is 0 Å². The van der Waals surface area contributed by atoms with Gasteiger partial charge >= 0.3 is 0 Å². The van der Waals surface area contributed by atoms with Crippen LogP contribution in [0.4, 0.5) is 0 Å². The molecule has 0 spiro atoms. The Labute approximate surface area is 139 Å². The van der Waals surface area contributed by atoms with E-state index in [1.165, 1.54) is 6.20 Å². The van der Waals surface area contributed by atoms with Crippen LogP contribution in [0.15, 0.2) is 36.5 Å². The predicted molar refractivity (Wildman–Crippen MR) is 85.6 cm³/mol. The van der Waals surface area contributed by atoms with E-state index in [1.54, 1.807) is 4.90 Å². The Kier molecular flexibility index (Phi) is 4.54. The molecule has 1 amide bonds. The van der Waals surface area contributed by atoms with E-state index in [4.69, 9.17) is 16.3 Å². The number of nitrogens with zero attached hydrogens (tertiary/aromatic N) is 2. The second-order valence-electron chi connectivity index (χ2n) is 5.75. The molecular formula is C16H18ClN3O3. The van der Waals surface area contributed by atoms with Crippen LogP contribution in [0.2, 0.25) is 5.02 Å². The first-order chi connectivity index (χ1) is 11.1. The van der Waals surface area contributed by atoms with E-state index in [0.717, 1.165) is 0 Å². The van der Waals surface area contributed by atoms with Crippen LogP contribution in [0, 0.1) is 0 Å². The zero-order valence-electron chi connectivity index (χ0n) is 12.5. The summed E-state index contributed by atoms with van der Waals surface area (Å²) >= 11 is 5.94. The Morgan fingerprint density at radius 2 is 2.22 bits per heavy atom. The number of para-hydroxylation sites is 1. The number of aliphatic hydroxyl groups is 1. The third-order valence-corrected chi connectivity index (χ3v) is 4.19.